The minimum absolute atomic E-state index is 0. The minimum Gasteiger partial charge on any atom is -1.00 e. The summed E-state index contributed by atoms with van der Waals surface area (Å²) in [5.74, 6) is 0. The second-order valence-corrected chi connectivity index (χ2v) is 11.1. The van der Waals surface area contributed by atoms with Crippen LogP contribution in [0.15, 0.2) is 0 Å². The van der Waals surface area contributed by atoms with E-state index in [-0.39, 0.29) is 12.4 Å². The molecule has 0 saturated heterocycles. The average Bonchev–Trinajstić information content (AvgIpc) is 2.69. The smallest absolute Gasteiger partial charge is 0.562 e. The Morgan fingerprint density at radius 2 is 0.900 bits per heavy atom. The number of quaternary nitrogens is 1. The van der Waals surface area contributed by atoms with Crippen molar-refractivity contribution in [1.29, 1.82) is 0 Å². The van der Waals surface area contributed by atoms with E-state index >= 15 is 0 Å². The summed E-state index contributed by atoms with van der Waals surface area (Å²) in [5.41, 5.74) is 0.341. The van der Waals surface area contributed by atoms with E-state index in [9.17, 15) is 0 Å². The Balaban J connectivity index is 0. The van der Waals surface area contributed by atoms with E-state index in [0.29, 0.717) is 25.5 Å². The lowest BCUT2D eigenvalue weighted by Gasteiger charge is -2.49. The zero-order valence-electron chi connectivity index (χ0n) is 21.4. The van der Waals surface area contributed by atoms with Crippen molar-refractivity contribution in [3.63, 3.8) is 0 Å². The highest BCUT2D eigenvalue weighted by molar-refractivity contribution is 6.62. The van der Waals surface area contributed by atoms with Crippen molar-refractivity contribution < 1.29 is 30.2 Å². The van der Waals surface area contributed by atoms with E-state index in [0.717, 1.165) is 10.9 Å². The van der Waals surface area contributed by atoms with Crippen molar-refractivity contribution in [3.8, 4) is 0 Å². The third-order valence-electron chi connectivity index (χ3n) is 6.11. The molecular formula is C24H54ClNO3Si. The molecule has 0 heterocycles. The number of hydrogen-bond donors (Lipinski definition) is 0. The second kappa shape index (κ2) is 20.0. The highest BCUT2D eigenvalue weighted by Gasteiger charge is 2.58. The van der Waals surface area contributed by atoms with Crippen LogP contribution in [0.4, 0.5) is 0 Å². The Morgan fingerprint density at radius 3 is 1.13 bits per heavy atom. The van der Waals surface area contributed by atoms with Crippen LogP contribution in [-0.2, 0) is 13.3 Å². The Bertz CT molecular complexity index is 331. The van der Waals surface area contributed by atoms with Crippen LogP contribution >= 0.6 is 0 Å². The third-order valence-corrected chi connectivity index (χ3v) is 9.96. The summed E-state index contributed by atoms with van der Waals surface area (Å²) >= 11 is 0. The summed E-state index contributed by atoms with van der Waals surface area (Å²) in [5, 5.41) is 0. The Labute approximate surface area is 196 Å². The highest BCUT2D eigenvalue weighted by Crippen LogP contribution is 2.31. The molecule has 0 rings (SSSR count). The van der Waals surface area contributed by atoms with Gasteiger partial charge in [0.1, 0.15) is 0 Å². The lowest BCUT2D eigenvalue weighted by Crippen LogP contribution is -3.00. The molecule has 0 amide bonds. The van der Waals surface area contributed by atoms with Gasteiger partial charge in [-0.15, -0.1) is 0 Å². The minimum atomic E-state index is -2.77. The molecule has 184 valence electrons. The van der Waals surface area contributed by atoms with E-state index in [1.165, 1.54) is 77.4 Å². The maximum Gasteiger partial charge on any atom is 0.562 e. The molecule has 0 aromatic heterocycles. The molecule has 30 heavy (non-hydrogen) atoms. The molecule has 0 aromatic rings. The normalized spacial score (nSPS) is 13.3. The van der Waals surface area contributed by atoms with Crippen LogP contribution < -0.4 is 12.4 Å². The van der Waals surface area contributed by atoms with Gasteiger partial charge in [0.05, 0.1) is 19.6 Å². The molecule has 0 aliphatic carbocycles. The van der Waals surface area contributed by atoms with Crippen molar-refractivity contribution in [3.05, 3.63) is 0 Å². The lowest BCUT2D eigenvalue weighted by molar-refractivity contribution is -0.944. The fourth-order valence-corrected chi connectivity index (χ4v) is 8.42. The average molecular weight is 468 g/mol. The fourth-order valence-electron chi connectivity index (χ4n) is 4.82. The maximum absolute atomic E-state index is 6.47. The zero-order valence-corrected chi connectivity index (χ0v) is 23.2. The highest BCUT2D eigenvalue weighted by atomic mass is 35.5. The Kier molecular flexibility index (Phi) is 21.7. The van der Waals surface area contributed by atoms with Gasteiger partial charge in [0.15, 0.2) is 5.67 Å². The van der Waals surface area contributed by atoms with Gasteiger partial charge in [0, 0.05) is 26.2 Å². The monoisotopic (exact) mass is 467 g/mol. The third kappa shape index (κ3) is 10.8. The summed E-state index contributed by atoms with van der Waals surface area (Å²) in [7, 11) is -2.77. The topological polar surface area (TPSA) is 27.7 Å². The summed E-state index contributed by atoms with van der Waals surface area (Å²) in [6.07, 6.45) is 12.7. The van der Waals surface area contributed by atoms with Gasteiger partial charge in [-0.3, -0.25) is 0 Å². The molecule has 1 unspecified atom stereocenters. The first-order valence-electron chi connectivity index (χ1n) is 12.8. The predicted molar refractivity (Wildman–Crippen MR) is 128 cm³/mol. The van der Waals surface area contributed by atoms with Crippen molar-refractivity contribution >= 4 is 8.80 Å². The summed E-state index contributed by atoms with van der Waals surface area (Å²) in [6.45, 7) is 21.2. The first kappa shape index (κ1) is 32.5. The summed E-state index contributed by atoms with van der Waals surface area (Å²) in [6, 6.07) is 0. The van der Waals surface area contributed by atoms with Crippen LogP contribution in [0.2, 0.25) is 0 Å². The second-order valence-electron chi connectivity index (χ2n) is 8.34. The van der Waals surface area contributed by atoms with E-state index in [2.05, 4.69) is 48.5 Å². The fraction of sp³-hybridized carbons (Fsp3) is 1.00. The van der Waals surface area contributed by atoms with Gasteiger partial charge >= 0.3 is 8.80 Å². The van der Waals surface area contributed by atoms with Crippen molar-refractivity contribution in [2.45, 2.75) is 118 Å². The molecule has 1 atom stereocenters. The number of hydrogen-bond acceptors (Lipinski definition) is 3. The molecule has 0 aliphatic heterocycles. The molecule has 0 radical (unpaired) electrons. The van der Waals surface area contributed by atoms with Gasteiger partial charge < -0.3 is 30.2 Å². The molecule has 0 saturated carbocycles. The quantitative estimate of drug-likeness (QED) is 0.146. The molecule has 0 aromatic carbocycles. The molecular weight excluding hydrogens is 414 g/mol. The van der Waals surface area contributed by atoms with Crippen LogP contribution in [0.3, 0.4) is 0 Å². The molecule has 0 spiro atoms. The molecule has 0 bridgehead atoms. The largest absolute Gasteiger partial charge is 1.00 e. The summed E-state index contributed by atoms with van der Waals surface area (Å²) in [4.78, 5) is 0. The number of rotatable bonds is 21. The SMILES string of the molecule is CCCCC[N+](CCCCC)(CCCCC)C(CC)[Si](OCC)(OCC)OCC.[Cl-]. The van der Waals surface area contributed by atoms with E-state index in [1.807, 2.05) is 0 Å². The molecule has 0 aliphatic rings. The molecule has 6 heteroatoms. The number of nitrogens with zero attached hydrogens (tertiary/aromatic N) is 1. The van der Waals surface area contributed by atoms with Crippen LogP contribution in [0.1, 0.15) is 113 Å². The van der Waals surface area contributed by atoms with Crippen molar-refractivity contribution in [1.82, 2.24) is 0 Å². The van der Waals surface area contributed by atoms with Crippen molar-refractivity contribution in [2.24, 2.45) is 0 Å². The first-order chi connectivity index (χ1) is 14.1. The first-order valence-corrected chi connectivity index (χ1v) is 14.6. The maximum atomic E-state index is 6.47. The number of unbranched alkanes of at least 4 members (excludes halogenated alkanes) is 6. The van der Waals surface area contributed by atoms with Gasteiger partial charge in [-0.05, 0) is 59.3 Å². The molecule has 0 fully saturated rings. The molecule has 0 N–H and O–H groups in total. The van der Waals surface area contributed by atoms with Gasteiger partial charge in [-0.2, -0.15) is 0 Å². The zero-order chi connectivity index (χ0) is 22.0. The van der Waals surface area contributed by atoms with Gasteiger partial charge in [0.25, 0.3) is 0 Å². The van der Waals surface area contributed by atoms with E-state index in [4.69, 9.17) is 13.3 Å². The van der Waals surface area contributed by atoms with Crippen LogP contribution in [0.25, 0.3) is 0 Å². The number of halogens is 1. The van der Waals surface area contributed by atoms with Crippen LogP contribution in [0.5, 0.6) is 0 Å². The standard InChI is InChI=1S/C24H54NO3Si.ClH/c1-8-15-18-21-25(22-19-16-9-2,23-20-17-10-3)24(11-4)29(26-12-5,27-13-6)28-14-7;/h24H,8-23H2,1-7H3;1H/q+1;/p-1. The summed E-state index contributed by atoms with van der Waals surface area (Å²) < 4.78 is 20.5. The van der Waals surface area contributed by atoms with Crippen LogP contribution in [-0.4, -0.2) is 58.4 Å². The lowest BCUT2D eigenvalue weighted by atomic mass is 10.1. The van der Waals surface area contributed by atoms with Crippen LogP contribution in [0, 0.1) is 0 Å². The molecule has 4 nitrogen and oxygen atoms in total. The van der Waals surface area contributed by atoms with E-state index in [1.54, 1.807) is 0 Å². The Morgan fingerprint density at radius 1 is 0.567 bits per heavy atom. The predicted octanol–water partition coefficient (Wildman–Crippen LogP) is 3.74. The Hall–Kier alpha value is 0.347. The van der Waals surface area contributed by atoms with Gasteiger partial charge in [-0.1, -0.05) is 47.0 Å². The van der Waals surface area contributed by atoms with Gasteiger partial charge in [-0.25, -0.2) is 0 Å². The van der Waals surface area contributed by atoms with E-state index < -0.39 is 8.80 Å². The van der Waals surface area contributed by atoms with Crippen molar-refractivity contribution in [2.75, 3.05) is 39.5 Å². The van der Waals surface area contributed by atoms with Gasteiger partial charge in [0.2, 0.25) is 0 Å².